The van der Waals surface area contributed by atoms with Crippen molar-refractivity contribution >= 4 is 17.5 Å². The lowest BCUT2D eigenvalue weighted by Crippen LogP contribution is -2.32. The number of nitrogens with one attached hydrogen (secondary N) is 1. The molecular formula is C15H21ClN2O3. The van der Waals surface area contributed by atoms with Gasteiger partial charge in [0.1, 0.15) is 0 Å². The molecule has 0 saturated carbocycles. The Bertz CT molecular complexity index is 502. The van der Waals surface area contributed by atoms with Gasteiger partial charge in [0, 0.05) is 36.3 Å². The number of methoxy groups -OCH3 is 1. The van der Waals surface area contributed by atoms with Gasteiger partial charge in [-0.15, -0.1) is 0 Å². The van der Waals surface area contributed by atoms with Gasteiger partial charge >= 0.3 is 0 Å². The predicted molar refractivity (Wildman–Crippen MR) is 82.1 cm³/mol. The van der Waals surface area contributed by atoms with E-state index in [9.17, 15) is 4.79 Å². The zero-order valence-corrected chi connectivity index (χ0v) is 13.2. The Kier molecular flexibility index (Phi) is 5.70. The number of halogens is 1. The molecule has 116 valence electrons. The van der Waals surface area contributed by atoms with Gasteiger partial charge in [0.2, 0.25) is 0 Å². The summed E-state index contributed by atoms with van der Waals surface area (Å²) in [6, 6.07) is 3.51. The van der Waals surface area contributed by atoms with E-state index < -0.39 is 0 Å². The van der Waals surface area contributed by atoms with Crippen molar-refractivity contribution < 1.29 is 14.3 Å². The average molecular weight is 313 g/mol. The van der Waals surface area contributed by atoms with E-state index in [0.717, 1.165) is 31.5 Å². The third kappa shape index (κ3) is 4.02. The molecule has 1 heterocycles. The Morgan fingerprint density at radius 1 is 1.38 bits per heavy atom. The van der Waals surface area contributed by atoms with Crippen molar-refractivity contribution in [2.75, 3.05) is 33.9 Å². The smallest absolute Gasteiger partial charge is 0.260 e. The van der Waals surface area contributed by atoms with E-state index in [4.69, 9.17) is 21.1 Å². The molecule has 1 aromatic rings. The molecule has 0 aromatic heterocycles. The maximum atomic E-state index is 12.1. The summed E-state index contributed by atoms with van der Waals surface area (Å²) in [5.41, 5.74) is 0.871. The second-order valence-electron chi connectivity index (χ2n) is 5.00. The molecule has 1 N–H and O–H groups in total. The van der Waals surface area contributed by atoms with Gasteiger partial charge < -0.3 is 19.7 Å². The highest BCUT2D eigenvalue weighted by Crippen LogP contribution is 2.34. The van der Waals surface area contributed by atoms with Crippen molar-refractivity contribution in [2.45, 2.75) is 19.4 Å². The molecule has 21 heavy (non-hydrogen) atoms. The van der Waals surface area contributed by atoms with E-state index in [0.29, 0.717) is 23.1 Å². The molecule has 1 fully saturated rings. The van der Waals surface area contributed by atoms with Gasteiger partial charge in [-0.25, -0.2) is 0 Å². The molecule has 6 heteroatoms. The zero-order chi connectivity index (χ0) is 15.2. The Balaban J connectivity index is 2.11. The quantitative estimate of drug-likeness (QED) is 0.873. The molecule has 5 nitrogen and oxygen atoms in total. The third-order valence-electron chi connectivity index (χ3n) is 3.48. The first-order chi connectivity index (χ1) is 10.2. The monoisotopic (exact) mass is 312 g/mol. The summed E-state index contributed by atoms with van der Waals surface area (Å²) in [6.45, 7) is 2.26. The fraction of sp³-hybridized carbons (Fsp3) is 0.533. The van der Waals surface area contributed by atoms with Crippen LogP contribution in [-0.4, -0.2) is 44.7 Å². The van der Waals surface area contributed by atoms with Crippen LogP contribution in [0, 0.1) is 0 Å². The summed E-state index contributed by atoms with van der Waals surface area (Å²) < 4.78 is 11.0. The first kappa shape index (κ1) is 15.9. The van der Waals surface area contributed by atoms with Gasteiger partial charge in [-0.2, -0.15) is 0 Å². The van der Waals surface area contributed by atoms with Crippen LogP contribution in [0.2, 0.25) is 5.02 Å². The van der Waals surface area contributed by atoms with Crippen LogP contribution in [0.25, 0.3) is 0 Å². The van der Waals surface area contributed by atoms with Crippen molar-refractivity contribution in [3.05, 3.63) is 22.7 Å². The van der Waals surface area contributed by atoms with Gasteiger partial charge in [0.25, 0.3) is 5.91 Å². The van der Waals surface area contributed by atoms with Gasteiger partial charge in [0.05, 0.1) is 7.11 Å². The van der Waals surface area contributed by atoms with Crippen LogP contribution in [0.15, 0.2) is 12.1 Å². The van der Waals surface area contributed by atoms with Crippen LogP contribution in [0.5, 0.6) is 11.5 Å². The molecule has 0 spiro atoms. The topological polar surface area (TPSA) is 50.8 Å². The number of benzene rings is 1. The fourth-order valence-corrected chi connectivity index (χ4v) is 2.68. The lowest BCUT2D eigenvalue weighted by Gasteiger charge is -2.18. The minimum absolute atomic E-state index is 0.0138. The zero-order valence-electron chi connectivity index (χ0n) is 12.4. The molecule has 1 saturated heterocycles. The normalized spacial score (nSPS) is 14.3. The van der Waals surface area contributed by atoms with E-state index in [1.54, 1.807) is 13.2 Å². The molecule has 0 atom stereocenters. The number of carbonyl (C=O) groups is 1. The van der Waals surface area contributed by atoms with Crippen LogP contribution < -0.4 is 14.8 Å². The first-order valence-corrected chi connectivity index (χ1v) is 7.45. The number of likely N-dealkylation sites (tertiary alicyclic amines) is 1. The molecule has 2 rings (SSSR count). The third-order valence-corrected chi connectivity index (χ3v) is 3.70. The van der Waals surface area contributed by atoms with Crippen molar-refractivity contribution in [3.63, 3.8) is 0 Å². The number of nitrogens with zero attached hydrogens (tertiary/aromatic N) is 1. The summed E-state index contributed by atoms with van der Waals surface area (Å²) in [6.07, 6.45) is 2.14. The largest absolute Gasteiger partial charge is 0.493 e. The average Bonchev–Trinajstić information content (AvgIpc) is 3.00. The van der Waals surface area contributed by atoms with E-state index in [-0.39, 0.29) is 12.5 Å². The Morgan fingerprint density at radius 2 is 2.10 bits per heavy atom. The van der Waals surface area contributed by atoms with E-state index in [2.05, 4.69) is 5.32 Å². The Hall–Kier alpha value is -1.46. The number of hydrogen-bond donors (Lipinski definition) is 1. The van der Waals surface area contributed by atoms with Crippen LogP contribution >= 0.6 is 11.6 Å². The maximum absolute atomic E-state index is 12.1. The summed E-state index contributed by atoms with van der Waals surface area (Å²) in [5.74, 6) is 1.13. The molecule has 0 radical (unpaired) electrons. The molecule has 1 aromatic carbocycles. The van der Waals surface area contributed by atoms with Crippen molar-refractivity contribution in [1.29, 1.82) is 0 Å². The molecule has 0 aliphatic carbocycles. The number of hydrogen-bond acceptors (Lipinski definition) is 4. The lowest BCUT2D eigenvalue weighted by molar-refractivity contribution is -0.132. The molecule has 0 bridgehead atoms. The Morgan fingerprint density at radius 3 is 2.71 bits per heavy atom. The summed E-state index contributed by atoms with van der Waals surface area (Å²) in [4.78, 5) is 13.9. The van der Waals surface area contributed by atoms with Crippen LogP contribution in [0.4, 0.5) is 0 Å². The summed E-state index contributed by atoms with van der Waals surface area (Å²) in [5, 5.41) is 3.64. The van der Waals surface area contributed by atoms with E-state index in [1.165, 1.54) is 0 Å². The molecule has 1 amide bonds. The van der Waals surface area contributed by atoms with Gasteiger partial charge in [-0.1, -0.05) is 11.6 Å². The number of carbonyl (C=O) groups excluding carboxylic acids is 1. The Labute approximate surface area is 130 Å². The molecule has 1 aliphatic rings. The van der Waals surface area contributed by atoms with Crippen molar-refractivity contribution in [3.8, 4) is 11.5 Å². The van der Waals surface area contributed by atoms with Crippen LogP contribution in [0.3, 0.4) is 0 Å². The summed E-state index contributed by atoms with van der Waals surface area (Å²) in [7, 11) is 3.40. The van der Waals surface area contributed by atoms with E-state index in [1.807, 2.05) is 18.0 Å². The highest BCUT2D eigenvalue weighted by Gasteiger charge is 2.20. The highest BCUT2D eigenvalue weighted by molar-refractivity contribution is 6.30. The van der Waals surface area contributed by atoms with Crippen molar-refractivity contribution in [2.24, 2.45) is 0 Å². The second kappa shape index (κ2) is 7.52. The number of rotatable bonds is 6. The minimum Gasteiger partial charge on any atom is -0.493 e. The van der Waals surface area contributed by atoms with E-state index >= 15 is 0 Å². The highest BCUT2D eigenvalue weighted by atomic mass is 35.5. The van der Waals surface area contributed by atoms with Gasteiger partial charge in [-0.3, -0.25) is 4.79 Å². The van der Waals surface area contributed by atoms with Crippen LogP contribution in [-0.2, 0) is 11.3 Å². The molecular weight excluding hydrogens is 292 g/mol. The molecule has 0 unspecified atom stereocenters. The maximum Gasteiger partial charge on any atom is 0.260 e. The van der Waals surface area contributed by atoms with Gasteiger partial charge in [0.15, 0.2) is 18.1 Å². The first-order valence-electron chi connectivity index (χ1n) is 7.07. The second-order valence-corrected chi connectivity index (χ2v) is 5.44. The fourth-order valence-electron chi connectivity index (χ4n) is 2.45. The minimum atomic E-state index is 0.0138. The summed E-state index contributed by atoms with van der Waals surface area (Å²) >= 11 is 6.06. The van der Waals surface area contributed by atoms with Crippen molar-refractivity contribution in [1.82, 2.24) is 10.2 Å². The standard InChI is InChI=1S/C15H21ClN2O3/c1-17-9-11-7-12(16)8-13(20-2)15(11)21-10-14(19)18-5-3-4-6-18/h7-8,17H,3-6,9-10H2,1-2H3. The molecule has 1 aliphatic heterocycles. The SMILES string of the molecule is CNCc1cc(Cl)cc(OC)c1OCC(=O)N1CCCC1. The number of ether oxygens (including phenoxy) is 2. The van der Waals surface area contributed by atoms with Crippen LogP contribution in [0.1, 0.15) is 18.4 Å². The van der Waals surface area contributed by atoms with Gasteiger partial charge in [-0.05, 0) is 26.0 Å². The predicted octanol–water partition coefficient (Wildman–Crippen LogP) is 2.07. The lowest BCUT2D eigenvalue weighted by atomic mass is 10.2. The number of amides is 1.